The summed E-state index contributed by atoms with van der Waals surface area (Å²) in [5.74, 6) is -2.45. The van der Waals surface area contributed by atoms with Crippen molar-refractivity contribution in [3.8, 4) is 5.69 Å². The monoisotopic (exact) mass is 527 g/mol. The first-order chi connectivity index (χ1) is 17.8. The van der Waals surface area contributed by atoms with E-state index in [-0.39, 0.29) is 24.2 Å². The molecular formula is C25H21ClF3N7O. The molecule has 0 spiro atoms. The Morgan fingerprint density at radius 3 is 2.57 bits per heavy atom. The second-order valence-electron chi connectivity index (χ2n) is 9.08. The van der Waals surface area contributed by atoms with Crippen molar-refractivity contribution in [2.24, 2.45) is 0 Å². The van der Waals surface area contributed by atoms with E-state index in [1.807, 2.05) is 12.1 Å². The van der Waals surface area contributed by atoms with Gasteiger partial charge >= 0.3 is 0 Å². The molecular weight excluding hydrogens is 507 g/mol. The van der Waals surface area contributed by atoms with E-state index in [1.54, 1.807) is 31.2 Å². The summed E-state index contributed by atoms with van der Waals surface area (Å²) in [6.07, 6.45) is 1.35. The van der Waals surface area contributed by atoms with Crippen LogP contribution in [0.5, 0.6) is 0 Å². The molecule has 2 aliphatic heterocycles. The van der Waals surface area contributed by atoms with E-state index in [0.717, 1.165) is 5.56 Å². The molecule has 2 aromatic heterocycles. The van der Waals surface area contributed by atoms with Gasteiger partial charge in [-0.3, -0.25) is 0 Å². The lowest BCUT2D eigenvalue weighted by Gasteiger charge is -2.41. The summed E-state index contributed by atoms with van der Waals surface area (Å²) in [7, 11) is 0. The summed E-state index contributed by atoms with van der Waals surface area (Å²) in [5.41, 5.74) is 2.90. The molecule has 4 heterocycles. The second kappa shape index (κ2) is 9.00. The van der Waals surface area contributed by atoms with Gasteiger partial charge in [-0.05, 0) is 42.8 Å². The van der Waals surface area contributed by atoms with E-state index < -0.39 is 24.8 Å². The molecule has 37 heavy (non-hydrogen) atoms. The number of nitrogens with one attached hydrogen (secondary N) is 1. The van der Waals surface area contributed by atoms with Crippen molar-refractivity contribution in [3.63, 3.8) is 0 Å². The van der Waals surface area contributed by atoms with Gasteiger partial charge in [0.2, 0.25) is 5.95 Å². The van der Waals surface area contributed by atoms with Crippen LogP contribution in [0.2, 0.25) is 5.02 Å². The zero-order valence-corrected chi connectivity index (χ0v) is 20.4. The van der Waals surface area contributed by atoms with Crippen molar-refractivity contribution in [2.45, 2.75) is 25.4 Å². The number of fused-ring (bicyclic) bond motifs is 1. The number of rotatable bonds is 5. The van der Waals surface area contributed by atoms with E-state index in [2.05, 4.69) is 20.4 Å². The Hall–Kier alpha value is -3.70. The van der Waals surface area contributed by atoms with Gasteiger partial charge in [0.15, 0.2) is 5.82 Å². The molecule has 1 saturated heterocycles. The molecule has 0 bridgehead atoms. The van der Waals surface area contributed by atoms with Gasteiger partial charge in [-0.25, -0.2) is 27.8 Å². The van der Waals surface area contributed by atoms with Gasteiger partial charge in [-0.15, -0.1) is 0 Å². The quantitative estimate of drug-likeness (QED) is 0.390. The number of nitrogens with zero attached hydrogens (tertiary/aromatic N) is 6. The highest BCUT2D eigenvalue weighted by Gasteiger charge is 2.46. The number of benzene rings is 2. The van der Waals surface area contributed by atoms with Gasteiger partial charge in [0.25, 0.3) is 5.92 Å². The van der Waals surface area contributed by atoms with Crippen LogP contribution in [0.4, 0.5) is 30.6 Å². The molecule has 1 N–H and O–H groups in total. The second-order valence-corrected chi connectivity index (χ2v) is 9.51. The average molecular weight is 528 g/mol. The van der Waals surface area contributed by atoms with Crippen molar-refractivity contribution in [2.75, 3.05) is 29.9 Å². The summed E-state index contributed by atoms with van der Waals surface area (Å²) in [5, 5.41) is 7.69. The van der Waals surface area contributed by atoms with Crippen LogP contribution >= 0.6 is 11.6 Å². The Morgan fingerprint density at radius 2 is 1.89 bits per heavy atom. The molecule has 6 rings (SSSR count). The van der Waals surface area contributed by atoms with E-state index >= 15 is 0 Å². The first-order valence-electron chi connectivity index (χ1n) is 11.6. The van der Waals surface area contributed by atoms with Gasteiger partial charge in [0, 0.05) is 16.3 Å². The third kappa shape index (κ3) is 4.49. The lowest BCUT2D eigenvalue weighted by Crippen LogP contribution is -2.57. The van der Waals surface area contributed by atoms with Crippen molar-refractivity contribution in [3.05, 3.63) is 82.3 Å². The number of hydrogen-bond acceptors (Lipinski definition) is 7. The highest BCUT2D eigenvalue weighted by atomic mass is 35.5. The molecule has 1 unspecified atom stereocenters. The molecule has 0 saturated carbocycles. The van der Waals surface area contributed by atoms with Crippen LogP contribution in [0.15, 0.2) is 48.8 Å². The number of alkyl halides is 2. The largest absolute Gasteiger partial charge is 0.376 e. The van der Waals surface area contributed by atoms with Crippen LogP contribution in [0.3, 0.4) is 0 Å². The van der Waals surface area contributed by atoms with E-state index in [9.17, 15) is 13.2 Å². The maximum Gasteiger partial charge on any atom is 0.282 e. The Morgan fingerprint density at radius 1 is 1.11 bits per heavy atom. The average Bonchev–Trinajstić information content (AvgIpc) is 3.28. The van der Waals surface area contributed by atoms with Crippen molar-refractivity contribution in [1.29, 1.82) is 0 Å². The smallest absolute Gasteiger partial charge is 0.282 e. The zero-order chi connectivity index (χ0) is 25.7. The lowest BCUT2D eigenvalue weighted by atomic mass is 9.91. The van der Waals surface area contributed by atoms with Crippen molar-refractivity contribution >= 4 is 29.1 Å². The molecule has 2 aromatic carbocycles. The zero-order valence-electron chi connectivity index (χ0n) is 19.6. The van der Waals surface area contributed by atoms with Crippen LogP contribution in [-0.4, -0.2) is 50.4 Å². The number of anilines is 3. The van der Waals surface area contributed by atoms with Crippen LogP contribution in [-0.2, 0) is 11.3 Å². The van der Waals surface area contributed by atoms with E-state index in [0.29, 0.717) is 40.2 Å². The number of aryl methyl sites for hydroxylation is 1. The normalized spacial score (nSPS) is 18.3. The summed E-state index contributed by atoms with van der Waals surface area (Å²) >= 11 is 6.07. The highest BCUT2D eigenvalue weighted by Crippen LogP contribution is 2.40. The minimum Gasteiger partial charge on any atom is -0.376 e. The Labute approximate surface area is 215 Å². The minimum absolute atomic E-state index is 0.175. The minimum atomic E-state index is -2.78. The maximum atomic E-state index is 15.0. The number of hydrogen-bond donors (Lipinski definition) is 1. The molecule has 0 amide bonds. The van der Waals surface area contributed by atoms with Crippen LogP contribution < -0.4 is 10.2 Å². The molecule has 0 radical (unpaired) electrons. The van der Waals surface area contributed by atoms with Crippen LogP contribution in [0.25, 0.3) is 5.69 Å². The molecule has 12 heteroatoms. The highest BCUT2D eigenvalue weighted by molar-refractivity contribution is 6.30. The molecule has 8 nitrogen and oxygen atoms in total. The molecule has 2 aliphatic rings. The fourth-order valence-electron chi connectivity index (χ4n) is 4.62. The maximum absolute atomic E-state index is 15.0. The van der Waals surface area contributed by atoms with Gasteiger partial charge in [-0.1, -0.05) is 23.7 Å². The number of aromatic nitrogens is 5. The summed E-state index contributed by atoms with van der Waals surface area (Å²) in [6.45, 7) is 1.41. The van der Waals surface area contributed by atoms with Gasteiger partial charge in [0.1, 0.15) is 23.7 Å². The Balaban J connectivity index is 1.38. The van der Waals surface area contributed by atoms with Gasteiger partial charge in [-0.2, -0.15) is 10.1 Å². The van der Waals surface area contributed by atoms with Crippen LogP contribution in [0.1, 0.15) is 28.6 Å². The standard InChI is InChI=1S/C25H21ClF3N7O/c1-14-30-13-31-36(14)21-7-6-17(8-20(21)27)32-24-33-22-18(15-2-4-16(26)5-3-15)9-37-10-19(22)23(34-24)35-11-25(28,29)12-35/h2-8,13,18H,9-12H2,1H3,(H,32,33,34). The van der Waals surface area contributed by atoms with Gasteiger partial charge in [0.05, 0.1) is 37.9 Å². The molecule has 190 valence electrons. The molecule has 1 atom stereocenters. The summed E-state index contributed by atoms with van der Waals surface area (Å²) in [6, 6.07) is 11.9. The van der Waals surface area contributed by atoms with Crippen LogP contribution in [0, 0.1) is 12.7 Å². The third-order valence-corrected chi connectivity index (χ3v) is 6.70. The number of halogens is 4. The predicted octanol–water partition coefficient (Wildman–Crippen LogP) is 5.02. The molecule has 1 fully saturated rings. The SMILES string of the molecule is Cc1ncnn1-c1ccc(Nc2nc3c(c(N4CC(F)(F)C4)n2)COCC3c2ccc(Cl)cc2)cc1F. The van der Waals surface area contributed by atoms with Crippen molar-refractivity contribution in [1.82, 2.24) is 24.7 Å². The fraction of sp³-hybridized carbons (Fsp3) is 0.280. The van der Waals surface area contributed by atoms with E-state index in [4.69, 9.17) is 21.3 Å². The summed E-state index contributed by atoms with van der Waals surface area (Å²) in [4.78, 5) is 14.8. The fourth-order valence-corrected chi connectivity index (χ4v) is 4.75. The predicted molar refractivity (Wildman–Crippen MR) is 131 cm³/mol. The third-order valence-electron chi connectivity index (χ3n) is 6.44. The first-order valence-corrected chi connectivity index (χ1v) is 12.0. The first kappa shape index (κ1) is 23.7. The lowest BCUT2D eigenvalue weighted by molar-refractivity contribution is -0.0271. The van der Waals surface area contributed by atoms with Gasteiger partial charge < -0.3 is 15.0 Å². The van der Waals surface area contributed by atoms with Crippen molar-refractivity contribution < 1.29 is 17.9 Å². The number of ether oxygens (including phenoxy) is 1. The molecule has 4 aromatic rings. The Kier molecular flexibility index (Phi) is 5.76. The van der Waals surface area contributed by atoms with E-state index in [1.165, 1.54) is 22.0 Å². The summed E-state index contributed by atoms with van der Waals surface area (Å²) < 4.78 is 49.7. The Bertz CT molecular complexity index is 1470. The molecule has 0 aliphatic carbocycles. The topological polar surface area (TPSA) is 81.0 Å².